The lowest BCUT2D eigenvalue weighted by Crippen LogP contribution is -2.35. The summed E-state index contributed by atoms with van der Waals surface area (Å²) in [6.07, 6.45) is 7.05. The number of methoxy groups -OCH3 is 1. The van der Waals surface area contributed by atoms with E-state index in [4.69, 9.17) is 9.15 Å². The van der Waals surface area contributed by atoms with E-state index < -0.39 is 5.97 Å². The summed E-state index contributed by atoms with van der Waals surface area (Å²) in [5.74, 6) is 3.35. The molecular weight excluding hydrogens is 332 g/mol. The van der Waals surface area contributed by atoms with Crippen molar-refractivity contribution in [1.29, 1.82) is 0 Å². The van der Waals surface area contributed by atoms with Crippen LogP contribution in [0, 0.1) is 0 Å². The molecule has 4 rings (SSSR count). The van der Waals surface area contributed by atoms with Gasteiger partial charge in [-0.2, -0.15) is 0 Å². The van der Waals surface area contributed by atoms with Crippen molar-refractivity contribution in [1.82, 2.24) is 19.7 Å². The van der Waals surface area contributed by atoms with Crippen LogP contribution in [0.15, 0.2) is 16.5 Å². The predicted octanol–water partition coefficient (Wildman–Crippen LogP) is 2.76. The maximum atomic E-state index is 11.5. The second kappa shape index (κ2) is 7.61. The fourth-order valence-electron chi connectivity index (χ4n) is 4.11. The molecule has 1 saturated heterocycles. The minimum absolute atomic E-state index is 0.263. The lowest BCUT2D eigenvalue weighted by atomic mass is 9.97. The van der Waals surface area contributed by atoms with Crippen molar-refractivity contribution in [3.63, 3.8) is 0 Å². The zero-order valence-corrected chi connectivity index (χ0v) is 15.3. The number of hydrogen-bond acceptors (Lipinski definition) is 6. The molecule has 2 aliphatic heterocycles. The first kappa shape index (κ1) is 17.3. The number of aromatic nitrogens is 3. The molecule has 0 N–H and O–H groups in total. The summed E-state index contributed by atoms with van der Waals surface area (Å²) in [7, 11) is 1.36. The summed E-state index contributed by atoms with van der Waals surface area (Å²) in [6, 6.07) is 3.54. The number of hydrogen-bond donors (Lipinski definition) is 0. The highest BCUT2D eigenvalue weighted by Crippen LogP contribution is 2.29. The lowest BCUT2D eigenvalue weighted by molar-refractivity contribution is 0.0560. The smallest absolute Gasteiger partial charge is 0.373 e. The van der Waals surface area contributed by atoms with Crippen molar-refractivity contribution in [2.45, 2.75) is 57.5 Å². The van der Waals surface area contributed by atoms with Crippen molar-refractivity contribution < 1.29 is 13.9 Å². The van der Waals surface area contributed by atoms with Gasteiger partial charge in [0.15, 0.2) is 0 Å². The second-order valence-corrected chi connectivity index (χ2v) is 7.27. The number of aryl methyl sites for hydroxylation is 1. The highest BCUT2D eigenvalue weighted by molar-refractivity contribution is 5.86. The Kier molecular flexibility index (Phi) is 5.06. The number of furan rings is 1. The topological polar surface area (TPSA) is 73.4 Å². The average Bonchev–Trinajstić information content (AvgIpc) is 3.22. The van der Waals surface area contributed by atoms with Gasteiger partial charge in [0.25, 0.3) is 0 Å². The number of esters is 1. The predicted molar refractivity (Wildman–Crippen MR) is 94.9 cm³/mol. The average molecular weight is 358 g/mol. The molecule has 1 fully saturated rings. The first-order valence-electron chi connectivity index (χ1n) is 9.56. The molecule has 0 radical (unpaired) electrons. The van der Waals surface area contributed by atoms with Crippen LogP contribution in [0.1, 0.15) is 66.0 Å². The van der Waals surface area contributed by atoms with Gasteiger partial charge in [-0.25, -0.2) is 4.79 Å². The highest BCUT2D eigenvalue weighted by atomic mass is 16.5. The first-order chi connectivity index (χ1) is 12.7. The second-order valence-electron chi connectivity index (χ2n) is 7.27. The molecule has 0 aromatic carbocycles. The number of carbonyl (C=O) groups excluding carboxylic acids is 1. The SMILES string of the molecule is COC(=O)c1ccc(CN2CCCC(c3nnc4n3CCCCC4)C2)o1. The summed E-state index contributed by atoms with van der Waals surface area (Å²) >= 11 is 0. The van der Waals surface area contributed by atoms with Gasteiger partial charge in [-0.05, 0) is 44.4 Å². The summed E-state index contributed by atoms with van der Waals surface area (Å²) in [5.41, 5.74) is 0. The molecule has 26 heavy (non-hydrogen) atoms. The Hall–Kier alpha value is -2.15. The standard InChI is InChI=1S/C19H26N4O3/c1-25-19(24)16-9-8-15(26-16)13-22-10-5-6-14(12-22)18-21-20-17-7-3-2-4-11-23(17)18/h8-9,14H,2-7,10-13H2,1H3. The van der Waals surface area contributed by atoms with E-state index in [0.29, 0.717) is 12.5 Å². The van der Waals surface area contributed by atoms with Gasteiger partial charge in [-0.15, -0.1) is 10.2 Å². The first-order valence-corrected chi connectivity index (χ1v) is 9.56. The van der Waals surface area contributed by atoms with Crippen molar-refractivity contribution in [3.8, 4) is 0 Å². The van der Waals surface area contributed by atoms with E-state index >= 15 is 0 Å². The highest BCUT2D eigenvalue weighted by Gasteiger charge is 2.28. The zero-order valence-electron chi connectivity index (χ0n) is 15.3. The molecular formula is C19H26N4O3. The number of nitrogens with zero attached hydrogens (tertiary/aromatic N) is 4. The molecule has 0 amide bonds. The number of likely N-dealkylation sites (tertiary alicyclic amines) is 1. The summed E-state index contributed by atoms with van der Waals surface area (Å²) in [6.45, 7) is 3.74. The van der Waals surface area contributed by atoms with Crippen molar-refractivity contribution in [2.75, 3.05) is 20.2 Å². The number of piperidine rings is 1. The summed E-state index contributed by atoms with van der Waals surface area (Å²) in [4.78, 5) is 13.9. The van der Waals surface area contributed by atoms with Crippen molar-refractivity contribution in [3.05, 3.63) is 35.3 Å². The molecule has 0 aliphatic carbocycles. The van der Waals surface area contributed by atoms with Gasteiger partial charge in [-0.3, -0.25) is 4.90 Å². The minimum atomic E-state index is -0.432. The Balaban J connectivity index is 1.44. The lowest BCUT2D eigenvalue weighted by Gasteiger charge is -2.31. The minimum Gasteiger partial charge on any atom is -0.463 e. The molecule has 7 nitrogen and oxygen atoms in total. The van der Waals surface area contributed by atoms with E-state index in [1.807, 2.05) is 6.07 Å². The normalized spacial score (nSPS) is 21.2. The largest absolute Gasteiger partial charge is 0.463 e. The van der Waals surface area contributed by atoms with Gasteiger partial charge in [0.2, 0.25) is 5.76 Å². The third kappa shape index (κ3) is 3.53. The molecule has 0 spiro atoms. The molecule has 7 heteroatoms. The van der Waals surface area contributed by atoms with Gasteiger partial charge in [0.05, 0.1) is 13.7 Å². The van der Waals surface area contributed by atoms with Crippen LogP contribution in [0.3, 0.4) is 0 Å². The molecule has 2 aromatic rings. The third-order valence-electron chi connectivity index (χ3n) is 5.44. The van der Waals surface area contributed by atoms with Crippen LogP contribution >= 0.6 is 0 Å². The number of rotatable bonds is 4. The van der Waals surface area contributed by atoms with E-state index in [1.165, 1.54) is 26.4 Å². The molecule has 0 bridgehead atoms. The number of carbonyl (C=O) groups is 1. The van der Waals surface area contributed by atoms with Gasteiger partial charge < -0.3 is 13.7 Å². The molecule has 2 aliphatic rings. The van der Waals surface area contributed by atoms with Crippen LogP contribution in [0.5, 0.6) is 0 Å². The molecule has 1 atom stereocenters. The van der Waals surface area contributed by atoms with Crippen LogP contribution < -0.4 is 0 Å². The third-order valence-corrected chi connectivity index (χ3v) is 5.44. The molecule has 4 heterocycles. The fraction of sp³-hybridized carbons (Fsp3) is 0.632. The van der Waals surface area contributed by atoms with E-state index in [-0.39, 0.29) is 5.76 Å². The number of fused-ring (bicyclic) bond motifs is 1. The molecule has 2 aromatic heterocycles. The van der Waals surface area contributed by atoms with E-state index in [2.05, 4.69) is 19.7 Å². The van der Waals surface area contributed by atoms with Crippen LogP contribution in [0.2, 0.25) is 0 Å². The Morgan fingerprint density at radius 2 is 2.15 bits per heavy atom. The van der Waals surface area contributed by atoms with Crippen molar-refractivity contribution in [2.24, 2.45) is 0 Å². The summed E-state index contributed by atoms with van der Waals surface area (Å²) < 4.78 is 12.7. The Morgan fingerprint density at radius 1 is 1.23 bits per heavy atom. The van der Waals surface area contributed by atoms with Crippen LogP contribution in [0.25, 0.3) is 0 Å². The quantitative estimate of drug-likeness (QED) is 0.783. The van der Waals surface area contributed by atoms with Crippen LogP contribution in [-0.2, 0) is 24.2 Å². The van der Waals surface area contributed by atoms with Gasteiger partial charge >= 0.3 is 5.97 Å². The van der Waals surface area contributed by atoms with E-state index in [9.17, 15) is 4.79 Å². The van der Waals surface area contributed by atoms with E-state index in [0.717, 1.165) is 56.3 Å². The summed E-state index contributed by atoms with van der Waals surface area (Å²) in [5, 5.41) is 9.00. The molecule has 0 saturated carbocycles. The van der Waals surface area contributed by atoms with Gasteiger partial charge in [0, 0.05) is 25.4 Å². The maximum absolute atomic E-state index is 11.5. The fourth-order valence-corrected chi connectivity index (χ4v) is 4.11. The van der Waals surface area contributed by atoms with E-state index in [1.54, 1.807) is 6.07 Å². The van der Waals surface area contributed by atoms with Crippen LogP contribution in [-0.4, -0.2) is 45.8 Å². The Bertz CT molecular complexity index is 767. The maximum Gasteiger partial charge on any atom is 0.373 e. The van der Waals surface area contributed by atoms with Gasteiger partial charge in [0.1, 0.15) is 17.4 Å². The monoisotopic (exact) mass is 358 g/mol. The van der Waals surface area contributed by atoms with Crippen molar-refractivity contribution >= 4 is 5.97 Å². The molecule has 1 unspecified atom stereocenters. The Morgan fingerprint density at radius 3 is 3.04 bits per heavy atom. The molecule has 140 valence electrons. The Labute approximate surface area is 153 Å². The van der Waals surface area contributed by atoms with Gasteiger partial charge in [-0.1, -0.05) is 6.42 Å². The number of ether oxygens (including phenoxy) is 1. The van der Waals surface area contributed by atoms with Crippen LogP contribution in [0.4, 0.5) is 0 Å². The zero-order chi connectivity index (χ0) is 17.9.